The summed E-state index contributed by atoms with van der Waals surface area (Å²) in [5, 5.41) is 4.63. The summed E-state index contributed by atoms with van der Waals surface area (Å²) < 4.78 is 0. The summed E-state index contributed by atoms with van der Waals surface area (Å²) in [4.78, 5) is 21.0. The zero-order chi connectivity index (χ0) is 8.97. The molecule has 5 heteroatoms. The van der Waals surface area contributed by atoms with E-state index >= 15 is 0 Å². The van der Waals surface area contributed by atoms with Crippen molar-refractivity contribution in [1.29, 1.82) is 0 Å². The summed E-state index contributed by atoms with van der Waals surface area (Å²) in [7, 11) is 0. The Morgan fingerprint density at radius 3 is 2.38 bits per heavy atom. The van der Waals surface area contributed by atoms with E-state index in [0.717, 1.165) is 25.7 Å². The molecule has 0 heterocycles. The Morgan fingerprint density at radius 2 is 2.00 bits per heavy atom. The number of amides is 1. The summed E-state index contributed by atoms with van der Waals surface area (Å²) >= 11 is 0. The minimum Gasteiger partial charge on any atom is -0.412 e. The maximum atomic E-state index is 11.0. The van der Waals surface area contributed by atoms with Crippen molar-refractivity contribution >= 4 is 12.0 Å². The quantitative estimate of drug-likeness (QED) is 0.351. The van der Waals surface area contributed by atoms with Crippen LogP contribution in [0.1, 0.15) is 32.6 Å². The monoisotopic (exact) mass is 186 g/mol. The molecular formula is C8H14N2O3. The molecule has 1 amide bonds. The number of carbonyl (C=O) groups excluding carboxylic acids is 2. The summed E-state index contributed by atoms with van der Waals surface area (Å²) in [6.07, 6.45) is 5.53. The Kier molecular flexibility index (Phi) is 4.96. The van der Waals surface area contributed by atoms with E-state index in [0.29, 0.717) is 0 Å². The van der Waals surface area contributed by atoms with Crippen LogP contribution in [0, 0.1) is 0 Å². The van der Waals surface area contributed by atoms with Crippen LogP contribution in [-0.2, 0) is 9.59 Å². The van der Waals surface area contributed by atoms with Gasteiger partial charge in [-0.2, -0.15) is 0 Å². The normalized spacial score (nSPS) is 15.8. The first kappa shape index (κ1) is 11.8. The molecule has 0 aromatic rings. The van der Waals surface area contributed by atoms with Crippen LogP contribution in [0.3, 0.4) is 0 Å². The zero-order valence-corrected chi connectivity index (χ0v) is 7.62. The molecule has 13 heavy (non-hydrogen) atoms. The van der Waals surface area contributed by atoms with Gasteiger partial charge in [-0.25, -0.2) is 9.80 Å². The Balaban J connectivity index is 0.00000144. The van der Waals surface area contributed by atoms with E-state index in [4.69, 9.17) is 0 Å². The number of hydrazone groups is 1. The van der Waals surface area contributed by atoms with Crippen molar-refractivity contribution in [2.24, 2.45) is 5.10 Å². The lowest BCUT2D eigenvalue weighted by atomic mass is 10.2. The predicted octanol–water partition coefficient (Wildman–Crippen LogP) is 0.204. The van der Waals surface area contributed by atoms with Crippen LogP contribution in [0.4, 0.5) is 0 Å². The van der Waals surface area contributed by atoms with Crippen molar-refractivity contribution in [2.75, 3.05) is 0 Å². The van der Waals surface area contributed by atoms with E-state index in [1.807, 2.05) is 0 Å². The number of hydrogen-bond acceptors (Lipinski definition) is 3. The fourth-order valence-electron chi connectivity index (χ4n) is 1.60. The van der Waals surface area contributed by atoms with Crippen molar-refractivity contribution in [3.63, 3.8) is 0 Å². The molecule has 0 aliphatic heterocycles. The molecule has 5 nitrogen and oxygen atoms in total. The summed E-state index contributed by atoms with van der Waals surface area (Å²) in [6, 6.07) is 0.129. The van der Waals surface area contributed by atoms with E-state index in [-0.39, 0.29) is 17.4 Å². The van der Waals surface area contributed by atoms with Gasteiger partial charge < -0.3 is 5.48 Å². The molecular weight excluding hydrogens is 172 g/mol. The van der Waals surface area contributed by atoms with Gasteiger partial charge in [0.2, 0.25) is 5.91 Å². The van der Waals surface area contributed by atoms with Crippen molar-refractivity contribution < 1.29 is 15.1 Å². The first-order valence-electron chi connectivity index (χ1n) is 4.13. The zero-order valence-electron chi connectivity index (χ0n) is 7.62. The van der Waals surface area contributed by atoms with Gasteiger partial charge >= 0.3 is 0 Å². The van der Waals surface area contributed by atoms with Gasteiger partial charge in [0.1, 0.15) is 0 Å². The van der Waals surface area contributed by atoms with Gasteiger partial charge in [-0.05, 0) is 12.8 Å². The minimum atomic E-state index is -0.176. The van der Waals surface area contributed by atoms with Crippen molar-refractivity contribution in [3.8, 4) is 0 Å². The van der Waals surface area contributed by atoms with E-state index in [1.54, 1.807) is 0 Å². The third-order valence-corrected chi connectivity index (χ3v) is 2.14. The third-order valence-electron chi connectivity index (χ3n) is 2.14. The van der Waals surface area contributed by atoms with Gasteiger partial charge in [-0.3, -0.25) is 4.79 Å². The molecule has 1 aliphatic carbocycles. The van der Waals surface area contributed by atoms with E-state index in [9.17, 15) is 9.59 Å². The van der Waals surface area contributed by atoms with E-state index in [2.05, 4.69) is 5.10 Å². The maximum Gasteiger partial charge on any atom is 0.258 e. The molecule has 0 radical (unpaired) electrons. The van der Waals surface area contributed by atoms with Crippen molar-refractivity contribution in [2.45, 2.75) is 38.6 Å². The van der Waals surface area contributed by atoms with E-state index < -0.39 is 0 Å². The molecule has 0 saturated heterocycles. The number of isocyanates is 1. The lowest BCUT2D eigenvalue weighted by Gasteiger charge is -2.19. The fraction of sp³-hybridized carbons (Fsp3) is 0.750. The average molecular weight is 186 g/mol. The molecule has 1 fully saturated rings. The molecule has 0 bridgehead atoms. The number of nitrogens with zero attached hydrogens (tertiary/aromatic N) is 2. The number of rotatable bonds is 2. The highest BCUT2D eigenvalue weighted by molar-refractivity contribution is 5.73. The van der Waals surface area contributed by atoms with Gasteiger partial charge in [-0.1, -0.05) is 17.9 Å². The lowest BCUT2D eigenvalue weighted by Crippen LogP contribution is -2.32. The SMILES string of the molecule is CC(=O)N(N=C=O)C1CCCC1.O. The number of carbonyl (C=O) groups is 1. The second-order valence-electron chi connectivity index (χ2n) is 2.99. The molecule has 0 unspecified atom stereocenters. The molecule has 0 spiro atoms. The van der Waals surface area contributed by atoms with Crippen LogP contribution in [0.25, 0.3) is 0 Å². The maximum absolute atomic E-state index is 11.0. The molecule has 2 N–H and O–H groups in total. The smallest absolute Gasteiger partial charge is 0.258 e. The average Bonchev–Trinajstić information content (AvgIpc) is 2.51. The van der Waals surface area contributed by atoms with Gasteiger partial charge in [0.15, 0.2) is 0 Å². The van der Waals surface area contributed by atoms with Gasteiger partial charge in [0.05, 0.1) is 6.04 Å². The van der Waals surface area contributed by atoms with Crippen LogP contribution in [0.2, 0.25) is 0 Å². The van der Waals surface area contributed by atoms with Crippen molar-refractivity contribution in [1.82, 2.24) is 5.01 Å². The molecule has 0 aromatic carbocycles. The first-order chi connectivity index (χ1) is 5.75. The lowest BCUT2D eigenvalue weighted by molar-refractivity contribution is -0.131. The highest BCUT2D eigenvalue weighted by Crippen LogP contribution is 2.23. The van der Waals surface area contributed by atoms with Crippen LogP contribution in [0.15, 0.2) is 5.10 Å². The van der Waals surface area contributed by atoms with Crippen molar-refractivity contribution in [3.05, 3.63) is 0 Å². The van der Waals surface area contributed by atoms with Crippen LogP contribution in [0.5, 0.6) is 0 Å². The summed E-state index contributed by atoms with van der Waals surface area (Å²) in [6.45, 7) is 1.42. The fourth-order valence-corrected chi connectivity index (χ4v) is 1.60. The molecule has 0 aromatic heterocycles. The first-order valence-corrected chi connectivity index (χ1v) is 4.13. The largest absolute Gasteiger partial charge is 0.412 e. The van der Waals surface area contributed by atoms with Crippen LogP contribution < -0.4 is 0 Å². The number of hydrogen-bond donors (Lipinski definition) is 0. The Bertz CT molecular complexity index is 215. The molecule has 1 rings (SSSR count). The minimum absolute atomic E-state index is 0. The Morgan fingerprint density at radius 1 is 1.46 bits per heavy atom. The second-order valence-corrected chi connectivity index (χ2v) is 2.99. The van der Waals surface area contributed by atoms with Gasteiger partial charge in [0.25, 0.3) is 6.08 Å². The molecule has 0 atom stereocenters. The summed E-state index contributed by atoms with van der Waals surface area (Å²) in [5.74, 6) is -0.176. The predicted molar refractivity (Wildman–Crippen MR) is 46.5 cm³/mol. The topological polar surface area (TPSA) is 81.2 Å². The van der Waals surface area contributed by atoms with Gasteiger partial charge in [0, 0.05) is 6.92 Å². The van der Waals surface area contributed by atoms with Crippen LogP contribution in [-0.4, -0.2) is 28.5 Å². The molecule has 1 saturated carbocycles. The molecule has 74 valence electrons. The highest BCUT2D eigenvalue weighted by atomic mass is 16.2. The third kappa shape index (κ3) is 2.97. The summed E-state index contributed by atoms with van der Waals surface area (Å²) in [5.41, 5.74) is 0. The Labute approximate surface area is 76.7 Å². The molecule has 1 aliphatic rings. The standard InChI is InChI=1S/C8H12N2O2.H2O/c1-7(12)10(9-6-11)8-4-2-3-5-8;/h8H,2-5H2,1H3;1H2. The van der Waals surface area contributed by atoms with Crippen LogP contribution >= 0.6 is 0 Å². The highest BCUT2D eigenvalue weighted by Gasteiger charge is 2.24. The Hall–Kier alpha value is -1.19. The second kappa shape index (κ2) is 5.45. The van der Waals surface area contributed by atoms with Gasteiger partial charge in [-0.15, -0.1) is 0 Å². The van der Waals surface area contributed by atoms with E-state index in [1.165, 1.54) is 18.0 Å².